The number of nitrogens with zero attached hydrogens (tertiary/aromatic N) is 3. The summed E-state index contributed by atoms with van der Waals surface area (Å²) < 4.78 is 0. The molecule has 2 aromatic rings. The highest BCUT2D eigenvalue weighted by Gasteiger charge is 2.26. The fourth-order valence-electron chi connectivity index (χ4n) is 4.55. The summed E-state index contributed by atoms with van der Waals surface area (Å²) in [6, 6.07) is 14.0. The molecule has 2 N–H and O–H groups in total. The lowest BCUT2D eigenvalue weighted by atomic mass is 9.90. The quantitative estimate of drug-likeness (QED) is 0.861. The van der Waals surface area contributed by atoms with Gasteiger partial charge in [0.05, 0.1) is 0 Å². The highest BCUT2D eigenvalue weighted by Crippen LogP contribution is 2.32. The van der Waals surface area contributed by atoms with Gasteiger partial charge in [-0.05, 0) is 56.6 Å². The van der Waals surface area contributed by atoms with Crippen molar-refractivity contribution < 1.29 is 0 Å². The van der Waals surface area contributed by atoms with Gasteiger partial charge in [0, 0.05) is 49.7 Å². The molecule has 2 fully saturated rings. The van der Waals surface area contributed by atoms with E-state index in [4.69, 9.17) is 10.7 Å². The second kappa shape index (κ2) is 8.30. The topological polar surface area (TPSA) is 45.4 Å². The molecule has 4 heteroatoms. The standard InChI is InChI=1S/C23H32N4/c1-18-16-25-23(15-22(18)26-13-5-6-14-26)27(17-19-7-3-2-4-8-19)21-11-9-20(24)10-12-21/h2-4,7-8,15-16,20-21H,5-6,9-14,17,24H2,1H3. The Kier molecular flexibility index (Phi) is 5.63. The second-order valence-corrected chi connectivity index (χ2v) is 8.21. The number of anilines is 2. The number of aromatic nitrogens is 1. The zero-order chi connectivity index (χ0) is 18.6. The van der Waals surface area contributed by atoms with Crippen LogP contribution in [0.2, 0.25) is 0 Å². The van der Waals surface area contributed by atoms with Crippen LogP contribution in [0, 0.1) is 6.92 Å². The Hall–Kier alpha value is -2.07. The van der Waals surface area contributed by atoms with Gasteiger partial charge >= 0.3 is 0 Å². The Labute approximate surface area is 163 Å². The molecule has 0 atom stereocenters. The zero-order valence-electron chi connectivity index (χ0n) is 16.5. The van der Waals surface area contributed by atoms with Crippen molar-refractivity contribution in [2.75, 3.05) is 22.9 Å². The molecule has 0 radical (unpaired) electrons. The molecular weight excluding hydrogens is 332 g/mol. The number of rotatable bonds is 5. The molecule has 0 unspecified atom stereocenters. The van der Waals surface area contributed by atoms with Crippen molar-refractivity contribution in [3.63, 3.8) is 0 Å². The van der Waals surface area contributed by atoms with Crippen molar-refractivity contribution in [2.45, 2.75) is 64.1 Å². The molecule has 1 aromatic heterocycles. The van der Waals surface area contributed by atoms with Gasteiger partial charge in [0.25, 0.3) is 0 Å². The summed E-state index contributed by atoms with van der Waals surface area (Å²) in [5.74, 6) is 1.12. The smallest absolute Gasteiger partial charge is 0.131 e. The lowest BCUT2D eigenvalue weighted by Gasteiger charge is -2.37. The molecule has 0 bridgehead atoms. The number of pyridine rings is 1. The maximum absolute atomic E-state index is 6.17. The number of nitrogens with two attached hydrogens (primary N) is 1. The first kappa shape index (κ1) is 18.3. The Morgan fingerprint density at radius 3 is 2.48 bits per heavy atom. The minimum Gasteiger partial charge on any atom is -0.371 e. The molecule has 4 nitrogen and oxygen atoms in total. The van der Waals surface area contributed by atoms with E-state index in [2.05, 4.69) is 59.3 Å². The van der Waals surface area contributed by atoms with Gasteiger partial charge in [0.15, 0.2) is 0 Å². The lowest BCUT2D eigenvalue weighted by molar-refractivity contribution is 0.373. The number of hydrogen-bond donors (Lipinski definition) is 1. The second-order valence-electron chi connectivity index (χ2n) is 8.21. The zero-order valence-corrected chi connectivity index (χ0v) is 16.5. The summed E-state index contributed by atoms with van der Waals surface area (Å²) in [5, 5.41) is 0. The summed E-state index contributed by atoms with van der Waals surface area (Å²) in [5.41, 5.74) is 10.2. The van der Waals surface area contributed by atoms with Gasteiger partial charge in [-0.2, -0.15) is 0 Å². The SMILES string of the molecule is Cc1cnc(N(Cc2ccccc2)C2CCC(N)CC2)cc1N1CCCC1. The van der Waals surface area contributed by atoms with Crippen LogP contribution in [0.25, 0.3) is 0 Å². The molecule has 1 aliphatic carbocycles. The summed E-state index contributed by atoms with van der Waals surface area (Å²) >= 11 is 0. The normalized spacial score (nSPS) is 22.8. The van der Waals surface area contributed by atoms with Crippen molar-refractivity contribution in [3.8, 4) is 0 Å². The maximum Gasteiger partial charge on any atom is 0.131 e. The van der Waals surface area contributed by atoms with Gasteiger partial charge in [-0.15, -0.1) is 0 Å². The van der Waals surface area contributed by atoms with Crippen LogP contribution >= 0.6 is 0 Å². The van der Waals surface area contributed by atoms with E-state index in [-0.39, 0.29) is 0 Å². The first-order valence-corrected chi connectivity index (χ1v) is 10.5. The van der Waals surface area contributed by atoms with E-state index in [0.29, 0.717) is 12.1 Å². The van der Waals surface area contributed by atoms with Crippen LogP contribution in [0.1, 0.15) is 49.7 Å². The summed E-state index contributed by atoms with van der Waals surface area (Å²) in [4.78, 5) is 9.92. The molecule has 0 spiro atoms. The first-order valence-electron chi connectivity index (χ1n) is 10.5. The highest BCUT2D eigenvalue weighted by molar-refractivity contribution is 5.60. The summed E-state index contributed by atoms with van der Waals surface area (Å²) in [6.45, 7) is 5.43. The van der Waals surface area contributed by atoms with E-state index < -0.39 is 0 Å². The monoisotopic (exact) mass is 364 g/mol. The highest BCUT2D eigenvalue weighted by atomic mass is 15.2. The molecule has 2 aliphatic rings. The van der Waals surface area contributed by atoms with E-state index >= 15 is 0 Å². The van der Waals surface area contributed by atoms with Crippen LogP contribution in [0.3, 0.4) is 0 Å². The van der Waals surface area contributed by atoms with Crippen molar-refractivity contribution in [2.24, 2.45) is 5.73 Å². The fourth-order valence-corrected chi connectivity index (χ4v) is 4.55. The van der Waals surface area contributed by atoms with E-state index in [1.54, 1.807) is 0 Å². The minimum atomic E-state index is 0.367. The van der Waals surface area contributed by atoms with E-state index in [1.807, 2.05) is 0 Å². The molecule has 144 valence electrons. The third kappa shape index (κ3) is 4.27. The van der Waals surface area contributed by atoms with Gasteiger partial charge in [0.2, 0.25) is 0 Å². The van der Waals surface area contributed by atoms with Gasteiger partial charge in [-0.1, -0.05) is 30.3 Å². The average Bonchev–Trinajstić information content (AvgIpc) is 3.23. The molecule has 0 amide bonds. The van der Waals surface area contributed by atoms with Crippen LogP contribution in [-0.2, 0) is 6.54 Å². The molecule has 1 aromatic carbocycles. The van der Waals surface area contributed by atoms with Crippen LogP contribution < -0.4 is 15.5 Å². The number of aryl methyl sites for hydroxylation is 1. The van der Waals surface area contributed by atoms with Crippen LogP contribution in [0.4, 0.5) is 11.5 Å². The van der Waals surface area contributed by atoms with Crippen molar-refractivity contribution in [3.05, 3.63) is 53.7 Å². The number of benzene rings is 1. The van der Waals surface area contributed by atoms with Crippen LogP contribution in [0.5, 0.6) is 0 Å². The predicted molar refractivity (Wildman–Crippen MR) is 113 cm³/mol. The van der Waals surface area contributed by atoms with Gasteiger partial charge in [-0.3, -0.25) is 0 Å². The third-order valence-electron chi connectivity index (χ3n) is 6.18. The Bertz CT molecular complexity index is 731. The lowest BCUT2D eigenvalue weighted by Crippen LogP contribution is -2.41. The Morgan fingerprint density at radius 2 is 1.78 bits per heavy atom. The van der Waals surface area contributed by atoms with Gasteiger partial charge < -0.3 is 15.5 Å². The largest absolute Gasteiger partial charge is 0.371 e. The van der Waals surface area contributed by atoms with Gasteiger partial charge in [0.1, 0.15) is 5.82 Å². The Morgan fingerprint density at radius 1 is 1.07 bits per heavy atom. The maximum atomic E-state index is 6.17. The average molecular weight is 365 g/mol. The van der Waals surface area contributed by atoms with Crippen molar-refractivity contribution in [1.29, 1.82) is 0 Å². The van der Waals surface area contributed by atoms with E-state index in [0.717, 1.165) is 38.0 Å². The van der Waals surface area contributed by atoms with Crippen LogP contribution in [-0.4, -0.2) is 30.2 Å². The summed E-state index contributed by atoms with van der Waals surface area (Å²) in [6.07, 6.45) is 9.19. The van der Waals surface area contributed by atoms with Crippen molar-refractivity contribution >= 4 is 11.5 Å². The van der Waals surface area contributed by atoms with Crippen molar-refractivity contribution in [1.82, 2.24) is 4.98 Å². The fraction of sp³-hybridized carbons (Fsp3) is 0.522. The molecule has 2 heterocycles. The summed E-state index contributed by atoms with van der Waals surface area (Å²) in [7, 11) is 0. The van der Waals surface area contributed by atoms with E-state index in [1.165, 1.54) is 42.7 Å². The molecular formula is C23H32N4. The molecule has 1 saturated carbocycles. The molecule has 4 rings (SSSR count). The third-order valence-corrected chi connectivity index (χ3v) is 6.18. The molecule has 1 saturated heterocycles. The Balaban J connectivity index is 1.64. The van der Waals surface area contributed by atoms with Crippen LogP contribution in [0.15, 0.2) is 42.6 Å². The number of hydrogen-bond acceptors (Lipinski definition) is 4. The molecule has 1 aliphatic heterocycles. The minimum absolute atomic E-state index is 0.367. The first-order chi connectivity index (χ1) is 13.2. The van der Waals surface area contributed by atoms with Gasteiger partial charge in [-0.25, -0.2) is 4.98 Å². The predicted octanol–water partition coefficient (Wildman–Crippen LogP) is 4.27. The molecule has 27 heavy (non-hydrogen) atoms. The van der Waals surface area contributed by atoms with E-state index in [9.17, 15) is 0 Å².